The third kappa shape index (κ3) is 5.31. The van der Waals surface area contributed by atoms with Crippen LogP contribution in [-0.2, 0) is 9.59 Å². The molecule has 10 heteroatoms. The monoisotopic (exact) mass is 413 g/mol. The second-order valence-corrected chi connectivity index (χ2v) is 6.23. The van der Waals surface area contributed by atoms with Gasteiger partial charge in [0.05, 0.1) is 26.9 Å². The summed E-state index contributed by atoms with van der Waals surface area (Å²) in [4.78, 5) is 28.2. The summed E-state index contributed by atoms with van der Waals surface area (Å²) in [6.07, 6.45) is 1.33. The number of ether oxygens (including phenoxy) is 2. The number of halogens is 1. The van der Waals surface area contributed by atoms with Crippen LogP contribution in [0.5, 0.6) is 11.5 Å². The van der Waals surface area contributed by atoms with Gasteiger partial charge in [0.15, 0.2) is 11.5 Å². The van der Waals surface area contributed by atoms with Crippen LogP contribution >= 0.6 is 0 Å². The van der Waals surface area contributed by atoms with E-state index >= 15 is 0 Å². The van der Waals surface area contributed by atoms with Gasteiger partial charge in [-0.05, 0) is 42.0 Å². The van der Waals surface area contributed by atoms with Crippen LogP contribution in [0.25, 0.3) is 0 Å². The summed E-state index contributed by atoms with van der Waals surface area (Å²) >= 11 is 0. The maximum Gasteiger partial charge on any atom is 0.252 e. The Bertz CT molecular complexity index is 1010. The van der Waals surface area contributed by atoms with E-state index in [0.29, 0.717) is 17.2 Å². The molecule has 3 rings (SSSR count). The fraction of sp³-hybridized carbons (Fsp3) is 0.200. The number of amides is 2. The summed E-state index contributed by atoms with van der Waals surface area (Å²) < 4.78 is 23.6. The van der Waals surface area contributed by atoms with Crippen molar-refractivity contribution in [3.63, 3.8) is 0 Å². The van der Waals surface area contributed by atoms with Crippen LogP contribution in [0, 0.1) is 5.82 Å². The molecule has 0 bridgehead atoms. The van der Waals surface area contributed by atoms with E-state index in [1.807, 2.05) is 0 Å². The van der Waals surface area contributed by atoms with Crippen LogP contribution in [0.1, 0.15) is 12.0 Å². The molecule has 3 N–H and O–H groups in total. The molecule has 2 amide bonds. The van der Waals surface area contributed by atoms with Crippen LogP contribution in [-0.4, -0.2) is 44.2 Å². The number of hydrazone groups is 1. The van der Waals surface area contributed by atoms with Crippen molar-refractivity contribution in [2.75, 3.05) is 19.5 Å². The molecule has 9 nitrogen and oxygen atoms in total. The van der Waals surface area contributed by atoms with Crippen molar-refractivity contribution in [3.05, 3.63) is 53.8 Å². The Morgan fingerprint density at radius 1 is 1.23 bits per heavy atom. The number of carbonyl (C=O) groups excluding carboxylic acids is 2. The number of hydrogen-bond donors (Lipinski definition) is 3. The first-order chi connectivity index (χ1) is 14.5. The zero-order valence-electron chi connectivity index (χ0n) is 16.3. The van der Waals surface area contributed by atoms with Crippen molar-refractivity contribution in [1.29, 1.82) is 0 Å². The maximum atomic E-state index is 13.2. The van der Waals surface area contributed by atoms with Gasteiger partial charge in [-0.2, -0.15) is 5.10 Å². The molecule has 0 saturated carbocycles. The molecule has 156 valence electrons. The second-order valence-electron chi connectivity index (χ2n) is 6.23. The van der Waals surface area contributed by atoms with Crippen molar-refractivity contribution < 1.29 is 23.5 Å². The lowest BCUT2D eigenvalue weighted by Crippen LogP contribution is -2.35. The summed E-state index contributed by atoms with van der Waals surface area (Å²) in [5.74, 6) is -0.0944. The number of hydrogen-bond acceptors (Lipinski definition) is 7. The Kier molecular flexibility index (Phi) is 6.58. The van der Waals surface area contributed by atoms with E-state index < -0.39 is 23.7 Å². The molecule has 0 radical (unpaired) electrons. The molecule has 0 fully saturated rings. The van der Waals surface area contributed by atoms with E-state index in [1.165, 1.54) is 31.5 Å². The highest BCUT2D eigenvalue weighted by atomic mass is 19.1. The lowest BCUT2D eigenvalue weighted by Gasteiger charge is -2.07. The van der Waals surface area contributed by atoms with Gasteiger partial charge in [0.1, 0.15) is 11.9 Å². The maximum absolute atomic E-state index is 13.2. The Hall–Kier alpha value is -3.95. The molecule has 1 atom stereocenters. The Labute approximate surface area is 172 Å². The van der Waals surface area contributed by atoms with E-state index in [2.05, 4.69) is 26.2 Å². The SMILES string of the molecule is COc1ccc(C=NNC2=NC(CC(=O)Nc3cccc(F)c3)C(=O)N2)cc1OC. The van der Waals surface area contributed by atoms with Gasteiger partial charge in [-0.15, -0.1) is 0 Å². The summed E-state index contributed by atoms with van der Waals surface area (Å²) in [7, 11) is 3.08. The summed E-state index contributed by atoms with van der Waals surface area (Å²) in [5, 5.41) is 9.06. The first kappa shape index (κ1) is 20.8. The van der Waals surface area contributed by atoms with E-state index in [-0.39, 0.29) is 12.4 Å². The van der Waals surface area contributed by atoms with E-state index in [0.717, 1.165) is 5.56 Å². The average Bonchev–Trinajstić information content (AvgIpc) is 3.06. The summed E-state index contributed by atoms with van der Waals surface area (Å²) in [6, 6.07) is 9.83. The van der Waals surface area contributed by atoms with Crippen molar-refractivity contribution in [1.82, 2.24) is 10.7 Å². The number of benzene rings is 2. The first-order valence-electron chi connectivity index (χ1n) is 8.93. The standard InChI is InChI=1S/C20H20FN5O4/c1-29-16-7-6-12(8-17(16)30-2)11-22-26-20-24-15(19(28)25-20)10-18(27)23-14-5-3-4-13(21)9-14/h3-9,11,15H,10H2,1-2H3,(H,23,27)(H2,24,25,26,28). The van der Waals surface area contributed by atoms with Crippen LogP contribution in [0.4, 0.5) is 10.1 Å². The smallest absolute Gasteiger partial charge is 0.252 e. The predicted molar refractivity (Wildman–Crippen MR) is 109 cm³/mol. The third-order valence-corrected chi connectivity index (χ3v) is 4.11. The molecule has 0 saturated heterocycles. The van der Waals surface area contributed by atoms with Gasteiger partial charge >= 0.3 is 0 Å². The number of methoxy groups -OCH3 is 2. The number of guanidine groups is 1. The minimum atomic E-state index is -0.905. The van der Waals surface area contributed by atoms with E-state index in [9.17, 15) is 14.0 Å². The Balaban J connectivity index is 1.56. The molecule has 1 aliphatic heterocycles. The minimum absolute atomic E-state index is 0.125. The second kappa shape index (κ2) is 9.50. The highest BCUT2D eigenvalue weighted by Crippen LogP contribution is 2.26. The Morgan fingerprint density at radius 3 is 2.77 bits per heavy atom. The van der Waals surface area contributed by atoms with Crippen molar-refractivity contribution in [2.24, 2.45) is 10.1 Å². The van der Waals surface area contributed by atoms with Crippen LogP contribution in [0.3, 0.4) is 0 Å². The van der Waals surface area contributed by atoms with Gasteiger partial charge < -0.3 is 14.8 Å². The fourth-order valence-corrected chi connectivity index (χ4v) is 2.70. The molecule has 30 heavy (non-hydrogen) atoms. The average molecular weight is 413 g/mol. The predicted octanol–water partition coefficient (Wildman–Crippen LogP) is 1.65. The first-order valence-corrected chi connectivity index (χ1v) is 8.93. The number of aliphatic imine (C=N–C) groups is 1. The molecule has 1 aliphatic rings. The summed E-state index contributed by atoms with van der Waals surface area (Å²) in [6.45, 7) is 0. The zero-order valence-corrected chi connectivity index (χ0v) is 16.3. The van der Waals surface area contributed by atoms with E-state index in [4.69, 9.17) is 9.47 Å². The quantitative estimate of drug-likeness (QED) is 0.472. The van der Waals surface area contributed by atoms with Crippen LogP contribution in [0.15, 0.2) is 52.6 Å². The molecular formula is C20H20FN5O4. The molecule has 1 heterocycles. The largest absolute Gasteiger partial charge is 0.493 e. The number of anilines is 1. The summed E-state index contributed by atoms with van der Waals surface area (Å²) in [5.41, 5.74) is 3.66. The number of nitrogens with one attached hydrogen (secondary N) is 3. The van der Waals surface area contributed by atoms with Gasteiger partial charge in [0.2, 0.25) is 11.9 Å². The molecule has 0 spiro atoms. The van der Waals surface area contributed by atoms with Crippen molar-refractivity contribution in [3.8, 4) is 11.5 Å². The van der Waals surface area contributed by atoms with E-state index in [1.54, 1.807) is 31.4 Å². The topological polar surface area (TPSA) is 113 Å². The zero-order chi connectivity index (χ0) is 21.5. The number of nitrogens with zero attached hydrogens (tertiary/aromatic N) is 2. The molecule has 2 aromatic rings. The van der Waals surface area contributed by atoms with Gasteiger partial charge in [0.25, 0.3) is 5.91 Å². The van der Waals surface area contributed by atoms with Crippen molar-refractivity contribution in [2.45, 2.75) is 12.5 Å². The lowest BCUT2D eigenvalue weighted by molar-refractivity contribution is -0.123. The molecular weight excluding hydrogens is 393 g/mol. The van der Waals surface area contributed by atoms with Crippen molar-refractivity contribution >= 4 is 29.7 Å². The number of carbonyl (C=O) groups is 2. The van der Waals surface area contributed by atoms with Crippen LogP contribution < -0.4 is 25.5 Å². The molecule has 1 unspecified atom stereocenters. The molecule has 0 aliphatic carbocycles. The van der Waals surface area contributed by atoms with Crippen LogP contribution in [0.2, 0.25) is 0 Å². The lowest BCUT2D eigenvalue weighted by atomic mass is 10.2. The number of rotatable bonds is 7. The van der Waals surface area contributed by atoms with Gasteiger partial charge in [-0.25, -0.2) is 14.8 Å². The Morgan fingerprint density at radius 2 is 2.03 bits per heavy atom. The highest BCUT2D eigenvalue weighted by molar-refractivity contribution is 6.07. The normalized spacial score (nSPS) is 15.5. The highest BCUT2D eigenvalue weighted by Gasteiger charge is 2.28. The fourth-order valence-electron chi connectivity index (χ4n) is 2.70. The third-order valence-electron chi connectivity index (χ3n) is 4.11. The molecule has 0 aromatic heterocycles. The van der Waals surface area contributed by atoms with Gasteiger partial charge in [-0.3, -0.25) is 14.9 Å². The van der Waals surface area contributed by atoms with Gasteiger partial charge in [0, 0.05) is 5.69 Å². The van der Waals surface area contributed by atoms with Gasteiger partial charge in [-0.1, -0.05) is 6.07 Å². The molecule has 2 aromatic carbocycles. The minimum Gasteiger partial charge on any atom is -0.493 e.